The summed E-state index contributed by atoms with van der Waals surface area (Å²) in [5.41, 5.74) is 2.46. The van der Waals surface area contributed by atoms with Crippen LogP contribution in [0, 0.1) is 23.1 Å². The molecule has 1 heterocycles. The highest BCUT2D eigenvalue weighted by Crippen LogP contribution is 2.38. The van der Waals surface area contributed by atoms with Crippen LogP contribution >= 0.6 is 0 Å². The van der Waals surface area contributed by atoms with E-state index in [-0.39, 0.29) is 47.0 Å². The molecule has 2 amide bonds. The summed E-state index contributed by atoms with van der Waals surface area (Å²) in [6.07, 6.45) is 1.96. The third-order valence-electron chi connectivity index (χ3n) is 7.48. The van der Waals surface area contributed by atoms with Crippen molar-refractivity contribution in [3.63, 3.8) is 0 Å². The summed E-state index contributed by atoms with van der Waals surface area (Å²) in [6, 6.07) is 9.75. The average molecular weight is 523 g/mol. The molecule has 1 aliphatic carbocycles. The number of halogens is 1. The minimum atomic E-state index is -1.03. The summed E-state index contributed by atoms with van der Waals surface area (Å²) in [5, 5.41) is 3.03. The van der Waals surface area contributed by atoms with E-state index in [1.165, 1.54) is 41.3 Å². The Morgan fingerprint density at radius 1 is 1.11 bits per heavy atom. The molecular formula is C31H39FN2O4. The number of carbonyl (C=O) groups excluding carboxylic acids is 3. The molecule has 204 valence electrons. The molecule has 1 fully saturated rings. The van der Waals surface area contributed by atoms with E-state index >= 15 is 0 Å². The standard InChI is InChI=1S/C31H39FN2O4/c1-18(2)13-24-29(36)33-27(22-14-19-9-7-8-10-20(19)15-22)30(37)34(24)28(25(35)17-31(3,4)5)21-11-12-23(32)26(16-21)38-6/h7-12,16,18,22,24,27-28H,13-15,17H2,1-6H3,(H,33,36)/t24-,27-,28-/m1/s1. The molecule has 0 radical (unpaired) electrons. The molecule has 6 nitrogen and oxygen atoms in total. The number of ether oxygens (including phenoxy) is 1. The van der Waals surface area contributed by atoms with Crippen LogP contribution in [0.25, 0.3) is 0 Å². The van der Waals surface area contributed by atoms with Crippen molar-refractivity contribution >= 4 is 17.6 Å². The summed E-state index contributed by atoms with van der Waals surface area (Å²) in [5.74, 6) is -1.25. The van der Waals surface area contributed by atoms with Crippen molar-refractivity contribution < 1.29 is 23.5 Å². The van der Waals surface area contributed by atoms with Crippen LogP contribution in [0.2, 0.25) is 0 Å². The highest BCUT2D eigenvalue weighted by Gasteiger charge is 2.49. The number of rotatable bonds is 8. The molecule has 0 aromatic heterocycles. The molecule has 0 bridgehead atoms. The molecule has 2 aromatic carbocycles. The number of amides is 2. The number of Topliss-reactive ketones (excluding diaryl/α,β-unsaturated/α-hetero) is 1. The van der Waals surface area contributed by atoms with Gasteiger partial charge in [0.25, 0.3) is 0 Å². The van der Waals surface area contributed by atoms with Crippen LogP contribution in [0.3, 0.4) is 0 Å². The van der Waals surface area contributed by atoms with Crippen molar-refractivity contribution in [2.75, 3.05) is 7.11 Å². The molecule has 0 unspecified atom stereocenters. The lowest BCUT2D eigenvalue weighted by Gasteiger charge is -2.45. The van der Waals surface area contributed by atoms with Crippen molar-refractivity contribution in [2.24, 2.45) is 17.3 Å². The predicted molar refractivity (Wildman–Crippen MR) is 144 cm³/mol. The molecule has 2 aromatic rings. The van der Waals surface area contributed by atoms with Crippen molar-refractivity contribution in [1.29, 1.82) is 0 Å². The number of fused-ring (bicyclic) bond motifs is 1. The number of ketones is 1. The largest absolute Gasteiger partial charge is 0.494 e. The van der Waals surface area contributed by atoms with Crippen LogP contribution in [0.4, 0.5) is 4.39 Å². The Morgan fingerprint density at radius 3 is 2.29 bits per heavy atom. The zero-order valence-corrected chi connectivity index (χ0v) is 23.2. The number of nitrogens with one attached hydrogen (secondary N) is 1. The van der Waals surface area contributed by atoms with Crippen molar-refractivity contribution in [1.82, 2.24) is 10.2 Å². The first kappa shape index (κ1) is 27.8. The van der Waals surface area contributed by atoms with E-state index in [1.807, 2.05) is 46.8 Å². The fourth-order valence-electron chi connectivity index (χ4n) is 5.84. The Hall–Kier alpha value is -3.22. The van der Waals surface area contributed by atoms with Crippen LogP contribution in [0.1, 0.15) is 70.2 Å². The number of hydrogen-bond acceptors (Lipinski definition) is 4. The maximum Gasteiger partial charge on any atom is 0.247 e. The van der Waals surface area contributed by atoms with Gasteiger partial charge in [-0.25, -0.2) is 4.39 Å². The van der Waals surface area contributed by atoms with Gasteiger partial charge in [-0.3, -0.25) is 14.4 Å². The Bertz CT molecular complexity index is 1190. The third kappa shape index (κ3) is 5.77. The zero-order valence-electron chi connectivity index (χ0n) is 23.2. The molecule has 0 spiro atoms. The Balaban J connectivity index is 1.80. The fraction of sp³-hybridized carbons (Fsp3) is 0.516. The maximum absolute atomic E-state index is 14.4. The van der Waals surface area contributed by atoms with Crippen molar-refractivity contribution in [2.45, 2.75) is 78.4 Å². The topological polar surface area (TPSA) is 75.7 Å². The summed E-state index contributed by atoms with van der Waals surface area (Å²) < 4.78 is 19.6. The Morgan fingerprint density at radius 2 is 1.74 bits per heavy atom. The van der Waals surface area contributed by atoms with Gasteiger partial charge in [-0.2, -0.15) is 0 Å². The van der Waals surface area contributed by atoms with Gasteiger partial charge in [0.2, 0.25) is 11.8 Å². The number of nitrogens with zero attached hydrogens (tertiary/aromatic N) is 1. The molecule has 2 aliphatic rings. The summed E-state index contributed by atoms with van der Waals surface area (Å²) in [6.45, 7) is 9.86. The number of methoxy groups -OCH3 is 1. The monoisotopic (exact) mass is 522 g/mol. The SMILES string of the molecule is COc1cc([C@H](C(=O)CC(C)(C)C)N2C(=O)[C@@H](C3Cc4ccccc4C3)NC(=O)[C@H]2CC(C)C)ccc1F. The van der Waals surface area contributed by atoms with E-state index in [4.69, 9.17) is 4.74 Å². The average Bonchev–Trinajstić information content (AvgIpc) is 3.26. The van der Waals surface area contributed by atoms with Crippen LogP contribution in [-0.4, -0.2) is 41.7 Å². The molecular weight excluding hydrogens is 483 g/mol. The zero-order chi connectivity index (χ0) is 27.8. The second-order valence-corrected chi connectivity index (χ2v) is 12.3. The van der Waals surface area contributed by atoms with E-state index in [0.717, 1.165) is 0 Å². The Labute approximate surface area is 224 Å². The minimum Gasteiger partial charge on any atom is -0.494 e. The van der Waals surface area contributed by atoms with Gasteiger partial charge < -0.3 is 15.0 Å². The molecule has 38 heavy (non-hydrogen) atoms. The van der Waals surface area contributed by atoms with E-state index in [0.29, 0.717) is 24.8 Å². The van der Waals surface area contributed by atoms with Gasteiger partial charge in [0.05, 0.1) is 7.11 Å². The molecule has 1 saturated heterocycles. The fourth-order valence-corrected chi connectivity index (χ4v) is 5.84. The van der Waals surface area contributed by atoms with Gasteiger partial charge in [-0.15, -0.1) is 0 Å². The van der Waals surface area contributed by atoms with Gasteiger partial charge >= 0.3 is 0 Å². The highest BCUT2D eigenvalue weighted by atomic mass is 19.1. The molecule has 0 saturated carbocycles. The second-order valence-electron chi connectivity index (χ2n) is 12.3. The lowest BCUT2D eigenvalue weighted by molar-refractivity contribution is -0.157. The predicted octanol–water partition coefficient (Wildman–Crippen LogP) is 5.04. The van der Waals surface area contributed by atoms with E-state index < -0.39 is 23.9 Å². The summed E-state index contributed by atoms with van der Waals surface area (Å²) >= 11 is 0. The molecule has 4 rings (SSSR count). The van der Waals surface area contributed by atoms with E-state index in [1.54, 1.807) is 0 Å². The normalized spacial score (nSPS) is 20.9. The summed E-state index contributed by atoms with van der Waals surface area (Å²) in [7, 11) is 1.36. The minimum absolute atomic E-state index is 0.00632. The first-order valence-electron chi connectivity index (χ1n) is 13.4. The van der Waals surface area contributed by atoms with Crippen molar-refractivity contribution in [3.05, 3.63) is 65.0 Å². The van der Waals surface area contributed by atoms with Crippen molar-refractivity contribution in [3.8, 4) is 5.75 Å². The Kier molecular flexibility index (Phi) is 7.96. The van der Waals surface area contributed by atoms with E-state index in [2.05, 4.69) is 17.4 Å². The van der Waals surface area contributed by atoms with Gasteiger partial charge in [-0.1, -0.05) is 65.0 Å². The first-order chi connectivity index (χ1) is 17.9. The lowest BCUT2D eigenvalue weighted by Crippen LogP contribution is -2.66. The van der Waals surface area contributed by atoms with Crippen LogP contribution in [-0.2, 0) is 27.2 Å². The van der Waals surface area contributed by atoms with Gasteiger partial charge in [-0.05, 0) is 65.3 Å². The van der Waals surface area contributed by atoms with Gasteiger partial charge in [0, 0.05) is 6.42 Å². The molecule has 1 aliphatic heterocycles. The number of benzene rings is 2. The summed E-state index contributed by atoms with van der Waals surface area (Å²) in [4.78, 5) is 43.5. The first-order valence-corrected chi connectivity index (χ1v) is 13.4. The quantitative estimate of drug-likeness (QED) is 0.527. The van der Waals surface area contributed by atoms with E-state index in [9.17, 15) is 18.8 Å². The number of hydrogen-bond donors (Lipinski definition) is 1. The molecule has 1 N–H and O–H groups in total. The molecule has 7 heteroatoms. The molecule has 3 atom stereocenters. The number of carbonyl (C=O) groups is 3. The van der Waals surface area contributed by atoms with Gasteiger partial charge in [0.15, 0.2) is 17.3 Å². The highest BCUT2D eigenvalue weighted by molar-refractivity contribution is 6.00. The maximum atomic E-state index is 14.4. The smallest absolute Gasteiger partial charge is 0.247 e. The van der Waals surface area contributed by atoms with Crippen LogP contribution in [0.15, 0.2) is 42.5 Å². The lowest BCUT2D eigenvalue weighted by atomic mass is 9.83. The third-order valence-corrected chi connectivity index (χ3v) is 7.48. The second kappa shape index (κ2) is 10.9. The van der Waals surface area contributed by atoms with Gasteiger partial charge in [0.1, 0.15) is 18.1 Å². The van der Waals surface area contributed by atoms with Crippen LogP contribution < -0.4 is 10.1 Å². The van der Waals surface area contributed by atoms with Crippen LogP contribution in [0.5, 0.6) is 5.75 Å². The number of piperazine rings is 1.